The summed E-state index contributed by atoms with van der Waals surface area (Å²) in [5.74, 6) is -0.933. The van der Waals surface area contributed by atoms with Gasteiger partial charge in [0.05, 0.1) is 19.8 Å². The number of rotatable bonds is 47. The topological polar surface area (TPSA) is 231 Å². The van der Waals surface area contributed by atoms with E-state index in [4.69, 9.17) is 28.4 Å². The molecular formula is C61H106O15. The number of unbranched alkanes of at least 4 members (excludes halogenated alkanes) is 23. The lowest BCUT2D eigenvalue weighted by Crippen LogP contribution is -2.61. The van der Waals surface area contributed by atoms with Crippen molar-refractivity contribution in [1.82, 2.24) is 0 Å². The molecule has 0 aromatic heterocycles. The van der Waals surface area contributed by atoms with Crippen LogP contribution in [-0.4, -0.2) is 142 Å². The molecule has 7 N–H and O–H groups in total. The standard InChI is InChI=1S/C61H106O15/c1-3-5-7-9-11-13-15-17-19-21-23-24-26-28-30-32-34-36-38-40-42-44-53(64)74-49(46-71-52(63)43-41-39-37-35-33-31-29-27-25-22-20-18-16-14-12-10-8-6-4-2)47-72-60-59(70)57(68)55(66)51(76-60)48-73-61-58(69)56(67)54(65)50(45-62)75-61/h5,7,11,13,17-20,23-24,49-51,54-62,65-70H,3-4,6,8-10,12,14-16,21-22,25-48H2,1-2H3/b7-5-,13-11-,19-17-,20-18-,24-23-. The van der Waals surface area contributed by atoms with Gasteiger partial charge in [0.1, 0.15) is 55.4 Å². The fraction of sp³-hybridized carbons (Fsp3) is 0.803. The Morgan fingerprint density at radius 3 is 1.32 bits per heavy atom. The van der Waals surface area contributed by atoms with Crippen molar-refractivity contribution in [2.24, 2.45) is 0 Å². The summed E-state index contributed by atoms with van der Waals surface area (Å²) in [6, 6.07) is 0. The molecule has 15 nitrogen and oxygen atoms in total. The summed E-state index contributed by atoms with van der Waals surface area (Å²) in [5.41, 5.74) is 0. The van der Waals surface area contributed by atoms with Gasteiger partial charge in [-0.25, -0.2) is 0 Å². The van der Waals surface area contributed by atoms with Gasteiger partial charge in [0.2, 0.25) is 0 Å². The van der Waals surface area contributed by atoms with Gasteiger partial charge in [-0.2, -0.15) is 0 Å². The first kappa shape index (κ1) is 69.3. The van der Waals surface area contributed by atoms with Crippen LogP contribution in [-0.2, 0) is 38.0 Å². The third-order valence-electron chi connectivity index (χ3n) is 14.0. The smallest absolute Gasteiger partial charge is 0.306 e. The predicted molar refractivity (Wildman–Crippen MR) is 298 cm³/mol. The Kier molecular flexibility index (Phi) is 42.9. The number of hydrogen-bond acceptors (Lipinski definition) is 15. The SMILES string of the molecule is CC/C=C\C/C=C\C/C=C\C/C=C\CCCCCCCCCCC(=O)OC(COC(=O)CCCCCCCCCCC/C=C\CCCCCCCC)COC1OC(COC2OC(CO)C(O)C(O)C2O)C(O)C(O)C1O. The molecule has 0 aromatic rings. The zero-order valence-electron chi connectivity index (χ0n) is 47.0. The van der Waals surface area contributed by atoms with E-state index in [-0.39, 0.29) is 26.1 Å². The van der Waals surface area contributed by atoms with Crippen molar-refractivity contribution in [3.05, 3.63) is 60.8 Å². The maximum absolute atomic E-state index is 13.1. The first-order chi connectivity index (χ1) is 37.0. The first-order valence-corrected chi connectivity index (χ1v) is 29.9. The molecule has 2 saturated heterocycles. The third-order valence-corrected chi connectivity index (χ3v) is 14.0. The Hall–Kier alpha value is -2.80. The van der Waals surface area contributed by atoms with Gasteiger partial charge in [0.25, 0.3) is 0 Å². The van der Waals surface area contributed by atoms with Gasteiger partial charge < -0.3 is 64.2 Å². The average Bonchev–Trinajstić information content (AvgIpc) is 3.41. The van der Waals surface area contributed by atoms with Crippen molar-refractivity contribution < 1.29 is 73.8 Å². The molecule has 440 valence electrons. The van der Waals surface area contributed by atoms with E-state index in [9.17, 15) is 45.3 Å². The van der Waals surface area contributed by atoms with E-state index in [2.05, 4.69) is 74.6 Å². The molecule has 2 rings (SSSR count). The number of aliphatic hydroxyl groups is 7. The van der Waals surface area contributed by atoms with Crippen molar-refractivity contribution in [3.63, 3.8) is 0 Å². The van der Waals surface area contributed by atoms with Gasteiger partial charge in [-0.05, 0) is 77.0 Å². The molecule has 0 aromatic carbocycles. The summed E-state index contributed by atoms with van der Waals surface area (Å²) in [6.07, 6.45) is 39.4. The Bertz CT molecular complexity index is 1550. The van der Waals surface area contributed by atoms with E-state index in [1.54, 1.807) is 0 Å². The molecule has 0 amide bonds. The molecule has 11 atom stereocenters. The summed E-state index contributed by atoms with van der Waals surface area (Å²) in [4.78, 5) is 25.9. The fourth-order valence-electron chi connectivity index (χ4n) is 9.14. The number of carbonyl (C=O) groups is 2. The monoisotopic (exact) mass is 1080 g/mol. The maximum atomic E-state index is 13.1. The van der Waals surface area contributed by atoms with Crippen molar-refractivity contribution in [2.45, 2.75) is 287 Å². The fourth-order valence-corrected chi connectivity index (χ4v) is 9.14. The summed E-state index contributed by atoms with van der Waals surface area (Å²) in [5, 5.41) is 72.3. The lowest BCUT2D eigenvalue weighted by Gasteiger charge is -2.42. The zero-order chi connectivity index (χ0) is 55.3. The van der Waals surface area contributed by atoms with E-state index in [1.807, 2.05) is 0 Å². The van der Waals surface area contributed by atoms with Crippen LogP contribution in [0.4, 0.5) is 0 Å². The minimum Gasteiger partial charge on any atom is -0.462 e. The molecule has 2 fully saturated rings. The summed E-state index contributed by atoms with van der Waals surface area (Å²) in [6.45, 7) is 2.49. The highest BCUT2D eigenvalue weighted by atomic mass is 16.7. The van der Waals surface area contributed by atoms with Crippen LogP contribution in [0.2, 0.25) is 0 Å². The molecular weight excluding hydrogens is 973 g/mol. The first-order valence-electron chi connectivity index (χ1n) is 29.9. The van der Waals surface area contributed by atoms with Gasteiger partial charge in [0, 0.05) is 12.8 Å². The lowest BCUT2D eigenvalue weighted by molar-refractivity contribution is -0.332. The molecule has 76 heavy (non-hydrogen) atoms. The Balaban J connectivity index is 1.75. The van der Waals surface area contributed by atoms with Crippen molar-refractivity contribution in [2.75, 3.05) is 26.4 Å². The lowest BCUT2D eigenvalue weighted by atomic mass is 9.98. The number of allylic oxidation sites excluding steroid dienone is 10. The van der Waals surface area contributed by atoms with E-state index >= 15 is 0 Å². The van der Waals surface area contributed by atoms with Crippen LogP contribution in [0.5, 0.6) is 0 Å². The summed E-state index contributed by atoms with van der Waals surface area (Å²) >= 11 is 0. The van der Waals surface area contributed by atoms with Crippen LogP contribution in [0.3, 0.4) is 0 Å². The Morgan fingerprint density at radius 1 is 0.434 bits per heavy atom. The van der Waals surface area contributed by atoms with Crippen LogP contribution in [0.25, 0.3) is 0 Å². The molecule has 11 unspecified atom stereocenters. The number of aliphatic hydroxyl groups excluding tert-OH is 7. The minimum absolute atomic E-state index is 0.154. The summed E-state index contributed by atoms with van der Waals surface area (Å²) in [7, 11) is 0. The minimum atomic E-state index is -1.77. The normalized spacial score (nSPS) is 24.8. The van der Waals surface area contributed by atoms with Gasteiger partial charge in [-0.15, -0.1) is 0 Å². The highest BCUT2D eigenvalue weighted by Crippen LogP contribution is 2.27. The van der Waals surface area contributed by atoms with Crippen LogP contribution >= 0.6 is 0 Å². The van der Waals surface area contributed by atoms with E-state index in [1.165, 1.54) is 103 Å². The molecule has 0 bridgehead atoms. The van der Waals surface area contributed by atoms with Crippen LogP contribution in [0.15, 0.2) is 60.8 Å². The van der Waals surface area contributed by atoms with Gasteiger partial charge >= 0.3 is 11.9 Å². The molecule has 15 heteroatoms. The molecule has 0 radical (unpaired) electrons. The molecule has 2 heterocycles. The largest absolute Gasteiger partial charge is 0.462 e. The quantitative estimate of drug-likeness (QED) is 0.0171. The number of ether oxygens (including phenoxy) is 6. The number of carbonyl (C=O) groups excluding carboxylic acids is 2. The van der Waals surface area contributed by atoms with E-state index in [0.717, 1.165) is 77.0 Å². The highest BCUT2D eigenvalue weighted by Gasteiger charge is 2.47. The average molecular weight is 1080 g/mol. The van der Waals surface area contributed by atoms with Gasteiger partial charge in [-0.1, -0.05) is 190 Å². The van der Waals surface area contributed by atoms with Crippen LogP contribution < -0.4 is 0 Å². The van der Waals surface area contributed by atoms with Crippen LogP contribution in [0, 0.1) is 0 Å². The number of esters is 2. The Labute approximate surface area is 458 Å². The maximum Gasteiger partial charge on any atom is 0.306 e. The second kappa shape index (κ2) is 47.1. The second-order valence-corrected chi connectivity index (χ2v) is 20.8. The van der Waals surface area contributed by atoms with Crippen molar-refractivity contribution in [3.8, 4) is 0 Å². The van der Waals surface area contributed by atoms with Crippen LogP contribution in [0.1, 0.15) is 219 Å². The molecule has 0 aliphatic carbocycles. The van der Waals surface area contributed by atoms with Gasteiger partial charge in [-0.3, -0.25) is 9.59 Å². The number of hydrogen-bond donors (Lipinski definition) is 7. The predicted octanol–water partition coefficient (Wildman–Crippen LogP) is 10.4. The van der Waals surface area contributed by atoms with Crippen molar-refractivity contribution >= 4 is 11.9 Å². The van der Waals surface area contributed by atoms with E-state index in [0.29, 0.717) is 12.8 Å². The van der Waals surface area contributed by atoms with Crippen molar-refractivity contribution in [1.29, 1.82) is 0 Å². The molecule has 2 aliphatic rings. The molecule has 2 aliphatic heterocycles. The zero-order valence-corrected chi connectivity index (χ0v) is 47.0. The Morgan fingerprint density at radius 2 is 0.829 bits per heavy atom. The molecule has 0 saturated carbocycles. The second-order valence-electron chi connectivity index (χ2n) is 20.8. The highest BCUT2D eigenvalue weighted by molar-refractivity contribution is 5.70. The molecule has 0 spiro atoms. The third kappa shape index (κ3) is 33.6. The van der Waals surface area contributed by atoms with E-state index < -0.39 is 92.7 Å². The summed E-state index contributed by atoms with van der Waals surface area (Å²) < 4.78 is 33.7. The van der Waals surface area contributed by atoms with Gasteiger partial charge in [0.15, 0.2) is 18.7 Å².